The molecular weight excluding hydrogens is 406 g/mol. The van der Waals surface area contributed by atoms with Crippen LogP contribution in [0.2, 0.25) is 5.02 Å². The average molecular weight is 419 g/mol. The average Bonchev–Trinajstić information content (AvgIpc) is 2.46. The first-order valence-electron chi connectivity index (χ1n) is 6.14. The van der Waals surface area contributed by atoms with Gasteiger partial charge in [-0.05, 0) is 29.8 Å². The summed E-state index contributed by atoms with van der Waals surface area (Å²) < 4.78 is 29.7. The minimum atomic E-state index is -4.00. The van der Waals surface area contributed by atoms with Gasteiger partial charge in [-0.3, -0.25) is 9.35 Å². The third kappa shape index (κ3) is 7.94. The fourth-order valence-electron chi connectivity index (χ4n) is 1.42. The van der Waals surface area contributed by atoms with Crippen molar-refractivity contribution in [1.82, 2.24) is 0 Å². The van der Waals surface area contributed by atoms with Gasteiger partial charge in [0.05, 0.1) is 16.0 Å². The summed E-state index contributed by atoms with van der Waals surface area (Å²) in [5.74, 6) is -0.512. The van der Waals surface area contributed by atoms with Crippen LogP contribution in [0.4, 0.5) is 0 Å². The molecule has 2 aromatic carbocycles. The predicted molar refractivity (Wildman–Crippen MR) is 94.7 cm³/mol. The number of amides is 1. The standard InChI is InChI=1S/C8H8O3S.C7H5BrClNO/c9-12(10,11)7-6-8-4-2-1-3-5-8;8-4-1-2-5(7(10)11)6(9)3-4/h1-7H,(H,9,10,11);1-3H,(H2,10,11)/b7-6+;. The topological polar surface area (TPSA) is 97.5 Å². The Labute approximate surface area is 147 Å². The summed E-state index contributed by atoms with van der Waals surface area (Å²) in [4.78, 5) is 10.7. The van der Waals surface area contributed by atoms with Gasteiger partial charge in [0.1, 0.15) is 0 Å². The number of benzene rings is 2. The zero-order valence-electron chi connectivity index (χ0n) is 11.7. The van der Waals surface area contributed by atoms with Gasteiger partial charge in [-0.15, -0.1) is 0 Å². The van der Waals surface area contributed by atoms with E-state index in [1.54, 1.807) is 42.5 Å². The molecule has 0 saturated carbocycles. The van der Waals surface area contributed by atoms with Crippen molar-refractivity contribution >= 4 is 49.6 Å². The van der Waals surface area contributed by atoms with Crippen molar-refractivity contribution < 1.29 is 17.8 Å². The molecule has 122 valence electrons. The number of rotatable bonds is 3. The van der Waals surface area contributed by atoms with Crippen molar-refractivity contribution in [2.75, 3.05) is 0 Å². The van der Waals surface area contributed by atoms with Gasteiger partial charge in [0.2, 0.25) is 5.91 Å². The zero-order valence-corrected chi connectivity index (χ0v) is 14.8. The molecular formula is C15H13BrClNO4S. The fourth-order valence-corrected chi connectivity index (χ4v) is 2.51. The Hall–Kier alpha value is -1.67. The van der Waals surface area contributed by atoms with Crippen molar-refractivity contribution in [3.8, 4) is 0 Å². The van der Waals surface area contributed by atoms with Gasteiger partial charge in [-0.25, -0.2) is 0 Å². The highest BCUT2D eigenvalue weighted by Crippen LogP contribution is 2.20. The lowest BCUT2D eigenvalue weighted by molar-refractivity contribution is 0.100. The second-order valence-corrected chi connectivity index (χ2v) is 6.84. The first kappa shape index (κ1) is 19.4. The SMILES string of the molecule is NC(=O)c1ccc(Br)cc1Cl.O=S(=O)(O)/C=C/c1ccccc1. The van der Waals surface area contributed by atoms with Gasteiger partial charge >= 0.3 is 0 Å². The predicted octanol–water partition coefficient (Wildman–Crippen LogP) is 3.75. The van der Waals surface area contributed by atoms with Gasteiger partial charge in [-0.1, -0.05) is 57.9 Å². The second kappa shape index (κ2) is 8.83. The molecule has 2 rings (SSSR count). The molecule has 0 unspecified atom stereocenters. The lowest BCUT2D eigenvalue weighted by Crippen LogP contribution is -2.11. The van der Waals surface area contributed by atoms with E-state index in [-0.39, 0.29) is 0 Å². The van der Waals surface area contributed by atoms with E-state index in [0.717, 1.165) is 15.4 Å². The Morgan fingerprint density at radius 1 is 1.17 bits per heavy atom. The number of primary amides is 1. The molecule has 2 aromatic rings. The molecule has 0 aliphatic rings. The van der Waals surface area contributed by atoms with Crippen molar-refractivity contribution in [1.29, 1.82) is 0 Å². The Kier molecular flexibility index (Phi) is 7.44. The van der Waals surface area contributed by atoms with Crippen molar-refractivity contribution in [2.24, 2.45) is 5.73 Å². The molecule has 3 N–H and O–H groups in total. The van der Waals surface area contributed by atoms with Gasteiger partial charge in [0.15, 0.2) is 0 Å². The summed E-state index contributed by atoms with van der Waals surface area (Å²) in [5, 5.41) is 1.12. The summed E-state index contributed by atoms with van der Waals surface area (Å²) in [7, 11) is -4.00. The van der Waals surface area contributed by atoms with Crippen molar-refractivity contribution in [3.63, 3.8) is 0 Å². The van der Waals surface area contributed by atoms with Gasteiger partial charge in [-0.2, -0.15) is 8.42 Å². The molecule has 0 aliphatic carbocycles. The van der Waals surface area contributed by atoms with E-state index in [1.807, 2.05) is 6.07 Å². The molecule has 1 amide bonds. The monoisotopic (exact) mass is 417 g/mol. The normalized spacial score (nSPS) is 10.9. The first-order chi connectivity index (χ1) is 10.7. The number of carbonyl (C=O) groups is 1. The molecule has 0 aliphatic heterocycles. The minimum Gasteiger partial charge on any atom is -0.366 e. The number of halogens is 2. The molecule has 0 spiro atoms. The van der Waals surface area contributed by atoms with Crippen LogP contribution in [0.25, 0.3) is 6.08 Å². The third-order valence-corrected chi connectivity index (χ3v) is 3.71. The van der Waals surface area contributed by atoms with Crippen LogP contribution < -0.4 is 5.73 Å². The van der Waals surface area contributed by atoms with Crippen molar-refractivity contribution in [2.45, 2.75) is 0 Å². The molecule has 0 heterocycles. The lowest BCUT2D eigenvalue weighted by Gasteiger charge is -1.98. The van der Waals surface area contributed by atoms with E-state index < -0.39 is 16.0 Å². The summed E-state index contributed by atoms with van der Waals surface area (Å²) in [6, 6.07) is 13.8. The highest BCUT2D eigenvalue weighted by molar-refractivity contribution is 9.10. The molecule has 23 heavy (non-hydrogen) atoms. The van der Waals surface area contributed by atoms with E-state index in [4.69, 9.17) is 21.9 Å². The van der Waals surface area contributed by atoms with E-state index in [0.29, 0.717) is 10.6 Å². The van der Waals surface area contributed by atoms with E-state index >= 15 is 0 Å². The number of hydrogen-bond acceptors (Lipinski definition) is 3. The summed E-state index contributed by atoms with van der Waals surface area (Å²) in [6.45, 7) is 0. The molecule has 0 atom stereocenters. The van der Waals surface area contributed by atoms with Crippen LogP contribution in [0, 0.1) is 0 Å². The first-order valence-corrected chi connectivity index (χ1v) is 8.82. The zero-order chi connectivity index (χ0) is 17.5. The lowest BCUT2D eigenvalue weighted by atomic mass is 10.2. The quantitative estimate of drug-likeness (QED) is 0.742. The number of carbonyl (C=O) groups excluding carboxylic acids is 1. The molecule has 5 nitrogen and oxygen atoms in total. The minimum absolute atomic E-state index is 0.342. The Morgan fingerprint density at radius 2 is 1.78 bits per heavy atom. The molecule has 0 fully saturated rings. The Bertz CT molecular complexity index is 807. The van der Waals surface area contributed by atoms with Crippen LogP contribution in [0.5, 0.6) is 0 Å². The summed E-state index contributed by atoms with van der Waals surface area (Å²) in [5.41, 5.74) is 6.10. The van der Waals surface area contributed by atoms with Crippen LogP contribution in [0.3, 0.4) is 0 Å². The smallest absolute Gasteiger partial charge is 0.287 e. The maximum atomic E-state index is 10.7. The van der Waals surface area contributed by atoms with Crippen molar-refractivity contribution in [3.05, 3.63) is 74.6 Å². The summed E-state index contributed by atoms with van der Waals surface area (Å²) >= 11 is 8.90. The maximum Gasteiger partial charge on any atom is 0.287 e. The number of hydrogen-bond donors (Lipinski definition) is 2. The molecule has 0 bridgehead atoms. The van der Waals surface area contributed by atoms with Crippen LogP contribution in [-0.2, 0) is 10.1 Å². The van der Waals surface area contributed by atoms with E-state index in [2.05, 4.69) is 15.9 Å². The van der Waals surface area contributed by atoms with E-state index in [9.17, 15) is 13.2 Å². The molecule has 0 aromatic heterocycles. The van der Waals surface area contributed by atoms with Gasteiger partial charge in [0, 0.05) is 4.47 Å². The molecule has 8 heteroatoms. The van der Waals surface area contributed by atoms with Crippen LogP contribution in [0.15, 0.2) is 58.4 Å². The van der Waals surface area contributed by atoms with Crippen LogP contribution >= 0.6 is 27.5 Å². The Balaban J connectivity index is 0.000000231. The third-order valence-electron chi connectivity index (χ3n) is 2.43. The van der Waals surface area contributed by atoms with Crippen LogP contribution in [-0.4, -0.2) is 18.9 Å². The Morgan fingerprint density at radius 3 is 2.26 bits per heavy atom. The van der Waals surface area contributed by atoms with Gasteiger partial charge in [0.25, 0.3) is 10.1 Å². The molecule has 0 radical (unpaired) electrons. The summed E-state index contributed by atoms with van der Waals surface area (Å²) in [6.07, 6.45) is 1.33. The largest absolute Gasteiger partial charge is 0.366 e. The van der Waals surface area contributed by atoms with E-state index in [1.165, 1.54) is 6.08 Å². The van der Waals surface area contributed by atoms with Gasteiger partial charge < -0.3 is 5.73 Å². The second-order valence-electron chi connectivity index (χ2n) is 4.22. The van der Waals surface area contributed by atoms with Crippen LogP contribution in [0.1, 0.15) is 15.9 Å². The maximum absolute atomic E-state index is 10.7. The highest BCUT2D eigenvalue weighted by Gasteiger charge is 2.05. The number of nitrogens with two attached hydrogens (primary N) is 1. The highest BCUT2D eigenvalue weighted by atomic mass is 79.9. The fraction of sp³-hybridized carbons (Fsp3) is 0. The molecule has 0 saturated heterocycles.